The summed E-state index contributed by atoms with van der Waals surface area (Å²) in [5, 5.41) is 22.9. The van der Waals surface area contributed by atoms with Gasteiger partial charge in [-0.1, -0.05) is 16.8 Å². The molecule has 0 unspecified atom stereocenters. The number of hydrogen-bond donors (Lipinski definition) is 1. The summed E-state index contributed by atoms with van der Waals surface area (Å²) in [5.74, 6) is 2.32. The van der Waals surface area contributed by atoms with Crippen LogP contribution in [0.1, 0.15) is 69.5 Å². The number of pyridine rings is 1. The molecule has 2 fully saturated rings. The molecule has 1 amide bonds. The lowest BCUT2D eigenvalue weighted by Crippen LogP contribution is -2.34. The van der Waals surface area contributed by atoms with E-state index in [-0.39, 0.29) is 26.1 Å². The maximum absolute atomic E-state index is 12.5. The fourth-order valence-corrected chi connectivity index (χ4v) is 4.93. The number of hydrogen-bond acceptors (Lipinski definition) is 9. The van der Waals surface area contributed by atoms with Crippen molar-refractivity contribution in [3.63, 3.8) is 0 Å². The van der Waals surface area contributed by atoms with Gasteiger partial charge in [0.15, 0.2) is 5.82 Å². The second kappa shape index (κ2) is 10.6. The van der Waals surface area contributed by atoms with Crippen LogP contribution in [-0.4, -0.2) is 71.3 Å². The fourth-order valence-electron chi connectivity index (χ4n) is 4.93. The zero-order valence-electron chi connectivity index (χ0n) is 21.1. The number of H-pyrrole nitrogens is 1. The molecule has 2 atom stereocenters. The average Bonchev–Trinajstić information content (AvgIpc) is 3.51. The molecule has 2 aliphatic rings. The van der Waals surface area contributed by atoms with E-state index in [1.165, 1.54) is 19.3 Å². The van der Waals surface area contributed by atoms with Crippen molar-refractivity contribution < 1.29 is 15.7 Å². The van der Waals surface area contributed by atoms with Gasteiger partial charge in [-0.05, 0) is 63.5 Å². The van der Waals surface area contributed by atoms with Crippen LogP contribution in [0.3, 0.4) is 0 Å². The Morgan fingerprint density at radius 2 is 2.06 bits per heavy atom. The van der Waals surface area contributed by atoms with E-state index < -0.39 is 0 Å². The lowest BCUT2D eigenvalue weighted by Gasteiger charge is -2.29. The van der Waals surface area contributed by atoms with Crippen LogP contribution in [0.2, 0.25) is 0 Å². The van der Waals surface area contributed by atoms with Gasteiger partial charge in [0.2, 0.25) is 0 Å². The normalized spacial score (nSPS) is 20.1. The SMILES string of the molecule is Cc1nc(-c2nnn(C)c2COC(=O)N(C)CC2CCC2)ccc1O[C@H]1CCC[C@H](c2nn[nH]n2)C1.[HH]. The molecule has 3 aromatic heterocycles. The van der Waals surface area contributed by atoms with Crippen LogP contribution >= 0.6 is 0 Å². The summed E-state index contributed by atoms with van der Waals surface area (Å²) >= 11 is 0. The molecule has 3 aromatic rings. The molecule has 1 N–H and O–H groups in total. The average molecular weight is 498 g/mol. The standard InChI is InChI=1S/C24H33N9O3.H2/c1-15-21(36-18-9-5-8-17(12-18)23-27-29-30-28-23)11-10-19(25-15)22-20(33(3)31-26-22)14-35-24(34)32(2)13-16-6-4-7-16;/h10-11,16-18H,4-9,12-14H2,1-3H3,(H,27,28,29,30);1H/t17-,18-;/m0./s1. The van der Waals surface area contributed by atoms with E-state index in [9.17, 15) is 4.79 Å². The zero-order chi connectivity index (χ0) is 25.1. The maximum Gasteiger partial charge on any atom is 0.409 e. The van der Waals surface area contributed by atoms with Gasteiger partial charge in [-0.25, -0.2) is 14.5 Å². The van der Waals surface area contributed by atoms with E-state index >= 15 is 0 Å². The van der Waals surface area contributed by atoms with Crippen LogP contribution in [0.25, 0.3) is 11.4 Å². The van der Waals surface area contributed by atoms with Gasteiger partial charge in [-0.2, -0.15) is 5.21 Å². The first kappa shape index (κ1) is 24.1. The number of aromatic nitrogens is 8. The lowest BCUT2D eigenvalue weighted by atomic mass is 9.85. The number of carbonyl (C=O) groups excluding carboxylic acids is 1. The Hall–Kier alpha value is -3.57. The van der Waals surface area contributed by atoms with Crippen molar-refractivity contribution in [2.45, 2.75) is 70.5 Å². The minimum absolute atomic E-state index is 0. The second-order valence-electron chi connectivity index (χ2n) is 9.89. The quantitative estimate of drug-likeness (QED) is 0.496. The van der Waals surface area contributed by atoms with Gasteiger partial charge < -0.3 is 14.4 Å². The number of nitrogens with zero attached hydrogens (tertiary/aromatic N) is 8. The largest absolute Gasteiger partial charge is 0.489 e. The van der Waals surface area contributed by atoms with Crippen LogP contribution in [0.5, 0.6) is 5.75 Å². The predicted molar refractivity (Wildman–Crippen MR) is 131 cm³/mol. The summed E-state index contributed by atoms with van der Waals surface area (Å²) in [4.78, 5) is 18.9. The van der Waals surface area contributed by atoms with Gasteiger partial charge in [0.25, 0.3) is 0 Å². The van der Waals surface area contributed by atoms with Crippen molar-refractivity contribution in [3.05, 3.63) is 29.3 Å². The highest BCUT2D eigenvalue weighted by molar-refractivity contribution is 5.67. The molecule has 0 aromatic carbocycles. The monoisotopic (exact) mass is 497 g/mol. The molecule has 194 valence electrons. The molecule has 5 rings (SSSR count). The summed E-state index contributed by atoms with van der Waals surface area (Å²) < 4.78 is 13.5. The number of nitrogens with one attached hydrogen (secondary N) is 1. The molecule has 12 nitrogen and oxygen atoms in total. The Morgan fingerprint density at radius 1 is 1.22 bits per heavy atom. The smallest absolute Gasteiger partial charge is 0.409 e. The Kier molecular flexibility index (Phi) is 7.10. The molecule has 36 heavy (non-hydrogen) atoms. The molecule has 0 aliphatic heterocycles. The fraction of sp³-hybridized carbons (Fsp3) is 0.625. The van der Waals surface area contributed by atoms with Crippen LogP contribution in [0, 0.1) is 12.8 Å². The van der Waals surface area contributed by atoms with Gasteiger partial charge in [0.05, 0.1) is 17.5 Å². The molecule has 2 aliphatic carbocycles. The van der Waals surface area contributed by atoms with Gasteiger partial charge >= 0.3 is 6.09 Å². The third-order valence-electron chi connectivity index (χ3n) is 7.27. The summed E-state index contributed by atoms with van der Waals surface area (Å²) in [6.45, 7) is 2.73. The topological polar surface area (TPSA) is 137 Å². The third kappa shape index (κ3) is 5.31. The van der Waals surface area contributed by atoms with E-state index in [1.54, 1.807) is 23.7 Å². The van der Waals surface area contributed by atoms with Crippen molar-refractivity contribution in [1.29, 1.82) is 0 Å². The molecule has 0 radical (unpaired) electrons. The minimum atomic E-state index is -0.339. The first-order valence-electron chi connectivity index (χ1n) is 12.6. The molecule has 3 heterocycles. The van der Waals surface area contributed by atoms with Gasteiger partial charge in [-0.15, -0.1) is 15.3 Å². The van der Waals surface area contributed by atoms with Crippen molar-refractivity contribution in [1.82, 2.24) is 45.5 Å². The van der Waals surface area contributed by atoms with Crippen molar-refractivity contribution in [2.75, 3.05) is 13.6 Å². The maximum atomic E-state index is 12.5. The van der Waals surface area contributed by atoms with E-state index in [0.717, 1.165) is 49.5 Å². The van der Waals surface area contributed by atoms with E-state index in [2.05, 4.69) is 30.9 Å². The van der Waals surface area contributed by atoms with Crippen LogP contribution in [0.15, 0.2) is 12.1 Å². The molecule has 12 heteroatoms. The minimum Gasteiger partial charge on any atom is -0.489 e. The summed E-state index contributed by atoms with van der Waals surface area (Å²) in [6.07, 6.45) is 7.23. The molecule has 2 saturated carbocycles. The summed E-state index contributed by atoms with van der Waals surface area (Å²) in [6, 6.07) is 3.80. The number of aryl methyl sites for hydroxylation is 2. The molecule has 0 spiro atoms. The Labute approximate surface area is 211 Å². The second-order valence-corrected chi connectivity index (χ2v) is 9.89. The van der Waals surface area contributed by atoms with Crippen molar-refractivity contribution >= 4 is 6.09 Å². The molecule has 0 bridgehead atoms. The van der Waals surface area contributed by atoms with Gasteiger partial charge in [-0.3, -0.25) is 0 Å². The Bertz CT molecular complexity index is 1180. The van der Waals surface area contributed by atoms with Crippen molar-refractivity contribution in [3.8, 4) is 17.1 Å². The van der Waals surface area contributed by atoms with E-state index in [1.807, 2.05) is 19.1 Å². The zero-order valence-corrected chi connectivity index (χ0v) is 21.1. The number of aromatic amines is 1. The van der Waals surface area contributed by atoms with E-state index in [4.69, 9.17) is 14.5 Å². The third-order valence-corrected chi connectivity index (χ3v) is 7.27. The Morgan fingerprint density at radius 3 is 2.78 bits per heavy atom. The van der Waals surface area contributed by atoms with Crippen LogP contribution in [-0.2, 0) is 18.4 Å². The number of amides is 1. The van der Waals surface area contributed by atoms with Gasteiger partial charge in [0, 0.05) is 28.0 Å². The molecular weight excluding hydrogens is 462 g/mol. The predicted octanol–water partition coefficient (Wildman–Crippen LogP) is 3.42. The number of rotatable bonds is 8. The van der Waals surface area contributed by atoms with Crippen molar-refractivity contribution in [2.24, 2.45) is 13.0 Å². The van der Waals surface area contributed by atoms with Crippen LogP contribution in [0.4, 0.5) is 4.79 Å². The molecular formula is C24H35N9O3. The summed E-state index contributed by atoms with van der Waals surface area (Å²) in [5.41, 5.74) is 2.71. The number of ether oxygens (including phenoxy) is 2. The van der Waals surface area contributed by atoms with E-state index in [0.29, 0.717) is 23.0 Å². The lowest BCUT2D eigenvalue weighted by molar-refractivity contribution is 0.0913. The molecule has 0 saturated heterocycles. The first-order valence-corrected chi connectivity index (χ1v) is 12.6. The van der Waals surface area contributed by atoms with Gasteiger partial charge in [0.1, 0.15) is 23.7 Å². The Balaban J connectivity index is 0.00000320. The first-order chi connectivity index (χ1) is 17.5. The van der Waals surface area contributed by atoms with Crippen LogP contribution < -0.4 is 4.74 Å². The highest BCUT2D eigenvalue weighted by Gasteiger charge is 2.28. The summed E-state index contributed by atoms with van der Waals surface area (Å²) in [7, 11) is 3.56. The number of carbonyl (C=O) groups is 1. The number of tetrazole rings is 1. The highest BCUT2D eigenvalue weighted by Crippen LogP contribution is 2.34. The highest BCUT2D eigenvalue weighted by atomic mass is 16.6.